The molecule has 0 saturated carbocycles. The van der Waals surface area contributed by atoms with Crippen molar-refractivity contribution >= 4 is 34.9 Å². The first-order valence-corrected chi connectivity index (χ1v) is 12.3. The van der Waals surface area contributed by atoms with E-state index in [-0.39, 0.29) is 11.7 Å². The van der Waals surface area contributed by atoms with E-state index in [1.807, 2.05) is 30.3 Å². The van der Waals surface area contributed by atoms with Crippen molar-refractivity contribution in [1.29, 1.82) is 0 Å². The van der Waals surface area contributed by atoms with Gasteiger partial charge in [0.15, 0.2) is 5.82 Å². The third kappa shape index (κ3) is 5.27. The maximum absolute atomic E-state index is 13.1. The van der Waals surface area contributed by atoms with E-state index in [9.17, 15) is 9.18 Å². The number of aryl methyl sites for hydroxylation is 2. The number of aromatic nitrogens is 2. The second-order valence-corrected chi connectivity index (χ2v) is 9.35. The number of anilines is 3. The molecule has 2 aliphatic rings. The van der Waals surface area contributed by atoms with E-state index >= 15 is 0 Å². The maximum Gasteiger partial charge on any atom is 0.234 e. The van der Waals surface area contributed by atoms with Gasteiger partial charge in [-0.3, -0.25) is 4.79 Å². The summed E-state index contributed by atoms with van der Waals surface area (Å²) in [5, 5.41) is 12.4. The predicted molar refractivity (Wildman–Crippen MR) is 131 cm³/mol. The molecule has 0 unspecified atom stereocenters. The molecular weight excluding hydrogens is 437 g/mol. The lowest BCUT2D eigenvalue weighted by atomic mass is 10.1. The molecular formula is C25H26FN5OS. The van der Waals surface area contributed by atoms with Crippen molar-refractivity contribution in [2.45, 2.75) is 24.3 Å². The Morgan fingerprint density at radius 3 is 2.42 bits per heavy atom. The zero-order valence-corrected chi connectivity index (χ0v) is 19.2. The summed E-state index contributed by atoms with van der Waals surface area (Å²) in [6.07, 6.45) is 3.43. The number of rotatable bonds is 6. The summed E-state index contributed by atoms with van der Waals surface area (Å²) in [7, 11) is 0. The molecule has 0 spiro atoms. The van der Waals surface area contributed by atoms with Gasteiger partial charge in [0.25, 0.3) is 0 Å². The number of nitrogens with one attached hydrogen (secondary N) is 1. The van der Waals surface area contributed by atoms with Crippen LogP contribution in [0, 0.1) is 5.82 Å². The van der Waals surface area contributed by atoms with E-state index in [4.69, 9.17) is 0 Å². The van der Waals surface area contributed by atoms with Crippen LogP contribution in [0.3, 0.4) is 0 Å². The highest BCUT2D eigenvalue weighted by molar-refractivity contribution is 7.99. The Labute approximate surface area is 197 Å². The van der Waals surface area contributed by atoms with Gasteiger partial charge in [0.1, 0.15) is 10.8 Å². The Morgan fingerprint density at radius 1 is 0.909 bits per heavy atom. The number of halogens is 1. The standard InChI is InChI=1S/C25H26FN5OS/c26-20-5-8-22(9-6-20)30-12-14-31(15-13-30)23-10-11-25(29-28-23)33-17-24(32)27-21-7-4-18-2-1-3-19(18)16-21/h4-11,16H,1-3,12-15,17H2,(H,27,32). The minimum Gasteiger partial charge on any atom is -0.368 e. The molecule has 0 atom stereocenters. The van der Waals surface area contributed by atoms with Gasteiger partial charge in [0.2, 0.25) is 5.91 Å². The molecule has 1 aromatic heterocycles. The predicted octanol–water partition coefficient (Wildman–Crippen LogP) is 4.16. The first kappa shape index (κ1) is 21.7. The molecule has 5 rings (SSSR count). The second kappa shape index (κ2) is 9.79. The lowest BCUT2D eigenvalue weighted by molar-refractivity contribution is -0.113. The van der Waals surface area contributed by atoms with Crippen LogP contribution in [0.15, 0.2) is 59.6 Å². The lowest BCUT2D eigenvalue weighted by Crippen LogP contribution is -2.46. The summed E-state index contributed by atoms with van der Waals surface area (Å²) >= 11 is 1.38. The van der Waals surface area contributed by atoms with Crippen LogP contribution in [0.25, 0.3) is 0 Å². The number of hydrogen-bond donors (Lipinski definition) is 1. The second-order valence-electron chi connectivity index (χ2n) is 8.35. The maximum atomic E-state index is 13.1. The molecule has 6 nitrogen and oxygen atoms in total. The highest BCUT2D eigenvalue weighted by atomic mass is 32.2. The van der Waals surface area contributed by atoms with Crippen molar-refractivity contribution < 1.29 is 9.18 Å². The summed E-state index contributed by atoms with van der Waals surface area (Å²) in [5.41, 5.74) is 4.64. The average molecular weight is 464 g/mol. The summed E-state index contributed by atoms with van der Waals surface area (Å²) < 4.78 is 13.1. The number of carbonyl (C=O) groups excluding carboxylic acids is 1. The third-order valence-corrected chi connectivity index (χ3v) is 7.07. The molecule has 1 aliphatic heterocycles. The highest BCUT2D eigenvalue weighted by Gasteiger charge is 2.19. The van der Waals surface area contributed by atoms with Crippen LogP contribution >= 0.6 is 11.8 Å². The Bertz CT molecular complexity index is 1110. The van der Waals surface area contributed by atoms with Gasteiger partial charge >= 0.3 is 0 Å². The highest BCUT2D eigenvalue weighted by Crippen LogP contribution is 2.25. The molecule has 1 fully saturated rings. The molecule has 8 heteroatoms. The van der Waals surface area contributed by atoms with E-state index in [1.54, 1.807) is 0 Å². The number of hydrogen-bond acceptors (Lipinski definition) is 6. The van der Waals surface area contributed by atoms with E-state index < -0.39 is 0 Å². The number of amides is 1. The zero-order chi connectivity index (χ0) is 22.6. The van der Waals surface area contributed by atoms with Crippen molar-refractivity contribution in [2.24, 2.45) is 0 Å². The van der Waals surface area contributed by atoms with Gasteiger partial charge in [-0.05, 0) is 78.9 Å². The van der Waals surface area contributed by atoms with Crippen LogP contribution in [0.5, 0.6) is 0 Å². The summed E-state index contributed by atoms with van der Waals surface area (Å²) in [6.45, 7) is 3.32. The first-order chi connectivity index (χ1) is 16.1. The van der Waals surface area contributed by atoms with Crippen molar-refractivity contribution in [3.8, 4) is 0 Å². The Kier molecular flexibility index (Phi) is 6.44. The van der Waals surface area contributed by atoms with Crippen molar-refractivity contribution in [3.05, 3.63) is 71.5 Å². The molecule has 0 bridgehead atoms. The number of piperazine rings is 1. The minimum atomic E-state index is -0.216. The molecule has 0 radical (unpaired) electrons. The number of benzene rings is 2. The zero-order valence-electron chi connectivity index (χ0n) is 18.3. The summed E-state index contributed by atoms with van der Waals surface area (Å²) in [6, 6.07) is 16.7. The van der Waals surface area contributed by atoms with Gasteiger partial charge in [0.05, 0.1) is 5.75 Å². The number of nitrogens with zero attached hydrogens (tertiary/aromatic N) is 4. The Hall–Kier alpha value is -3.13. The topological polar surface area (TPSA) is 61.4 Å². The normalized spacial score (nSPS) is 15.4. The average Bonchev–Trinajstić information content (AvgIpc) is 3.32. The van der Waals surface area contributed by atoms with Crippen LogP contribution in [-0.4, -0.2) is 48.0 Å². The molecule has 3 aromatic rings. The Balaban J connectivity index is 1.10. The smallest absolute Gasteiger partial charge is 0.234 e. The van der Waals surface area contributed by atoms with Gasteiger partial charge in [-0.25, -0.2) is 4.39 Å². The molecule has 1 aliphatic carbocycles. The van der Waals surface area contributed by atoms with Gasteiger partial charge in [-0.15, -0.1) is 10.2 Å². The largest absolute Gasteiger partial charge is 0.368 e. The van der Waals surface area contributed by atoms with E-state index in [0.717, 1.165) is 61.2 Å². The van der Waals surface area contributed by atoms with Crippen LogP contribution in [-0.2, 0) is 17.6 Å². The molecule has 170 valence electrons. The molecule has 1 saturated heterocycles. The van der Waals surface area contributed by atoms with Gasteiger partial charge in [0, 0.05) is 37.6 Å². The van der Waals surface area contributed by atoms with Gasteiger partial charge in [-0.1, -0.05) is 17.8 Å². The molecule has 1 N–H and O–H groups in total. The first-order valence-electron chi connectivity index (χ1n) is 11.3. The number of fused-ring (bicyclic) bond motifs is 1. The SMILES string of the molecule is O=C(CSc1ccc(N2CCN(c3ccc(F)cc3)CC2)nn1)Nc1ccc2c(c1)CCC2. The van der Waals surface area contributed by atoms with E-state index in [0.29, 0.717) is 5.75 Å². The quantitative estimate of drug-likeness (QED) is 0.554. The van der Waals surface area contributed by atoms with Gasteiger partial charge < -0.3 is 15.1 Å². The number of carbonyl (C=O) groups is 1. The monoisotopic (exact) mass is 463 g/mol. The summed E-state index contributed by atoms with van der Waals surface area (Å²) in [5.74, 6) is 0.870. The molecule has 2 aromatic carbocycles. The fourth-order valence-electron chi connectivity index (χ4n) is 4.39. The van der Waals surface area contributed by atoms with Crippen LogP contribution < -0.4 is 15.1 Å². The van der Waals surface area contributed by atoms with Crippen LogP contribution in [0.2, 0.25) is 0 Å². The third-order valence-electron chi connectivity index (χ3n) is 6.15. The molecule has 1 amide bonds. The fraction of sp³-hybridized carbons (Fsp3) is 0.320. The minimum absolute atomic E-state index is 0.0410. The lowest BCUT2D eigenvalue weighted by Gasteiger charge is -2.36. The van der Waals surface area contributed by atoms with Crippen molar-refractivity contribution in [1.82, 2.24) is 10.2 Å². The van der Waals surface area contributed by atoms with Crippen molar-refractivity contribution in [2.75, 3.05) is 47.0 Å². The fourth-order valence-corrected chi connectivity index (χ4v) is 5.00. The van der Waals surface area contributed by atoms with Crippen molar-refractivity contribution in [3.63, 3.8) is 0 Å². The Morgan fingerprint density at radius 2 is 1.67 bits per heavy atom. The van der Waals surface area contributed by atoms with E-state index in [2.05, 4.69) is 37.4 Å². The molecule has 2 heterocycles. The number of thioether (sulfide) groups is 1. The molecule has 33 heavy (non-hydrogen) atoms. The summed E-state index contributed by atoms with van der Waals surface area (Å²) in [4.78, 5) is 16.8. The van der Waals surface area contributed by atoms with E-state index in [1.165, 1.54) is 41.4 Å². The van der Waals surface area contributed by atoms with Gasteiger partial charge in [-0.2, -0.15) is 0 Å². The van der Waals surface area contributed by atoms with Crippen LogP contribution in [0.4, 0.5) is 21.6 Å². The van der Waals surface area contributed by atoms with Crippen LogP contribution in [0.1, 0.15) is 17.5 Å².